The summed E-state index contributed by atoms with van der Waals surface area (Å²) in [4.78, 5) is 24.1. The van der Waals surface area contributed by atoms with Gasteiger partial charge in [0.2, 0.25) is 0 Å². The van der Waals surface area contributed by atoms with E-state index in [9.17, 15) is 9.59 Å². The highest BCUT2D eigenvalue weighted by atomic mass is 16.5. The average molecular weight is 322 g/mol. The number of hydrogen-bond acceptors (Lipinski definition) is 5. The van der Waals surface area contributed by atoms with Gasteiger partial charge in [-0.3, -0.25) is 9.48 Å². The molecule has 23 heavy (non-hydrogen) atoms. The maximum Gasteiger partial charge on any atom is 0.328 e. The van der Waals surface area contributed by atoms with Crippen molar-refractivity contribution in [3.05, 3.63) is 18.0 Å². The lowest BCUT2D eigenvalue weighted by atomic mass is 10.0. The summed E-state index contributed by atoms with van der Waals surface area (Å²) >= 11 is 0. The third-order valence-electron chi connectivity index (χ3n) is 3.98. The molecule has 2 unspecified atom stereocenters. The fourth-order valence-corrected chi connectivity index (χ4v) is 2.78. The first kappa shape index (κ1) is 17.5. The number of ether oxygens (including phenoxy) is 1. The van der Waals surface area contributed by atoms with Gasteiger partial charge in [0.1, 0.15) is 11.7 Å². The van der Waals surface area contributed by atoms with Crippen molar-refractivity contribution < 1.29 is 14.3 Å². The van der Waals surface area contributed by atoms with E-state index in [1.165, 1.54) is 7.11 Å². The zero-order valence-electron chi connectivity index (χ0n) is 14.0. The number of nitrogens with one attached hydrogen (secondary N) is 2. The molecule has 2 rings (SSSR count). The van der Waals surface area contributed by atoms with Crippen molar-refractivity contribution in [1.29, 1.82) is 0 Å². The second-order valence-corrected chi connectivity index (χ2v) is 6.36. The quantitative estimate of drug-likeness (QED) is 0.767. The normalized spacial score (nSPS) is 19.4. The minimum atomic E-state index is -0.644. The topological polar surface area (TPSA) is 85.2 Å². The molecular weight excluding hydrogens is 296 g/mol. The molecule has 1 fully saturated rings. The molecule has 1 saturated heterocycles. The number of hydrogen-bond donors (Lipinski definition) is 2. The van der Waals surface area contributed by atoms with Crippen molar-refractivity contribution in [3.8, 4) is 0 Å². The fraction of sp³-hybridized carbons (Fsp3) is 0.688. The molecule has 1 aliphatic rings. The number of carbonyl (C=O) groups excluding carboxylic acids is 2. The van der Waals surface area contributed by atoms with Crippen LogP contribution in [0.25, 0.3) is 0 Å². The Morgan fingerprint density at radius 2 is 2.30 bits per heavy atom. The van der Waals surface area contributed by atoms with E-state index in [4.69, 9.17) is 4.74 Å². The van der Waals surface area contributed by atoms with Crippen LogP contribution in [0.5, 0.6) is 0 Å². The highest BCUT2D eigenvalue weighted by Crippen LogP contribution is 2.16. The van der Waals surface area contributed by atoms with Crippen LogP contribution in [-0.4, -0.2) is 47.9 Å². The van der Waals surface area contributed by atoms with Crippen LogP contribution < -0.4 is 10.6 Å². The summed E-state index contributed by atoms with van der Waals surface area (Å²) < 4.78 is 6.59. The van der Waals surface area contributed by atoms with E-state index in [0.29, 0.717) is 12.1 Å². The molecule has 1 aromatic heterocycles. The molecule has 2 heterocycles. The Labute approximate surface area is 136 Å². The summed E-state index contributed by atoms with van der Waals surface area (Å²) in [5.74, 6) is -0.503. The van der Waals surface area contributed by atoms with E-state index in [1.807, 2.05) is 24.7 Å². The third kappa shape index (κ3) is 4.79. The van der Waals surface area contributed by atoms with E-state index in [0.717, 1.165) is 25.9 Å². The van der Waals surface area contributed by atoms with Crippen LogP contribution in [0.4, 0.5) is 0 Å². The number of carbonyl (C=O) groups is 2. The fourth-order valence-electron chi connectivity index (χ4n) is 2.78. The Morgan fingerprint density at radius 3 is 2.91 bits per heavy atom. The maximum atomic E-state index is 12.3. The summed E-state index contributed by atoms with van der Waals surface area (Å²) in [7, 11) is 1.33. The molecule has 128 valence electrons. The Morgan fingerprint density at radius 1 is 1.52 bits per heavy atom. The molecular formula is C16H26N4O3. The first-order valence-electron chi connectivity index (χ1n) is 8.15. The Kier molecular flexibility index (Phi) is 6.15. The molecule has 7 heteroatoms. The lowest BCUT2D eigenvalue weighted by molar-refractivity contribution is -0.143. The maximum absolute atomic E-state index is 12.3. The summed E-state index contributed by atoms with van der Waals surface area (Å²) in [6, 6.07) is 1.32. The molecule has 0 spiro atoms. The van der Waals surface area contributed by atoms with Gasteiger partial charge in [0, 0.05) is 12.7 Å². The second kappa shape index (κ2) is 8.10. The van der Waals surface area contributed by atoms with Crippen LogP contribution in [0.2, 0.25) is 0 Å². The number of aromatic nitrogens is 2. The smallest absolute Gasteiger partial charge is 0.328 e. The largest absolute Gasteiger partial charge is 0.467 e. The monoisotopic (exact) mass is 322 g/mol. The zero-order valence-corrected chi connectivity index (χ0v) is 14.0. The molecule has 1 aliphatic heterocycles. The summed E-state index contributed by atoms with van der Waals surface area (Å²) in [5.41, 5.74) is 0.327. The first-order chi connectivity index (χ1) is 11.0. The number of methoxy groups -OCH3 is 1. The minimum Gasteiger partial charge on any atom is -0.467 e. The van der Waals surface area contributed by atoms with E-state index in [-0.39, 0.29) is 17.9 Å². The van der Waals surface area contributed by atoms with Crippen LogP contribution in [0.15, 0.2) is 12.3 Å². The van der Waals surface area contributed by atoms with Crippen molar-refractivity contribution in [3.63, 3.8) is 0 Å². The van der Waals surface area contributed by atoms with E-state index in [1.54, 1.807) is 6.07 Å². The van der Waals surface area contributed by atoms with Crippen LogP contribution in [0.1, 0.15) is 49.6 Å². The van der Waals surface area contributed by atoms with E-state index in [2.05, 4.69) is 15.7 Å². The van der Waals surface area contributed by atoms with Crippen LogP contribution in [0.3, 0.4) is 0 Å². The molecule has 1 amide bonds. The Balaban J connectivity index is 2.01. The Bertz CT molecular complexity index is 535. The van der Waals surface area contributed by atoms with Crippen LogP contribution >= 0.6 is 0 Å². The summed E-state index contributed by atoms with van der Waals surface area (Å²) in [6.45, 7) is 5.88. The molecule has 2 atom stereocenters. The van der Waals surface area contributed by atoms with Gasteiger partial charge < -0.3 is 15.4 Å². The van der Waals surface area contributed by atoms with Gasteiger partial charge in [-0.15, -0.1) is 0 Å². The Hall–Kier alpha value is -1.89. The third-order valence-corrected chi connectivity index (χ3v) is 3.98. The van der Waals surface area contributed by atoms with Gasteiger partial charge in [-0.2, -0.15) is 5.10 Å². The number of rotatable bonds is 6. The first-order valence-corrected chi connectivity index (χ1v) is 8.15. The average Bonchev–Trinajstić information content (AvgIpc) is 3.04. The van der Waals surface area contributed by atoms with Crippen molar-refractivity contribution in [2.45, 2.75) is 45.2 Å². The van der Waals surface area contributed by atoms with Crippen LogP contribution in [-0.2, 0) is 9.53 Å². The summed E-state index contributed by atoms with van der Waals surface area (Å²) in [6.07, 6.45) is 4.51. The minimum absolute atomic E-state index is 0.269. The van der Waals surface area contributed by atoms with Gasteiger partial charge in [-0.25, -0.2) is 4.79 Å². The number of nitrogens with zero attached hydrogens (tertiary/aromatic N) is 2. The molecule has 0 radical (unpaired) electrons. The van der Waals surface area contributed by atoms with E-state index >= 15 is 0 Å². The lowest BCUT2D eigenvalue weighted by Crippen LogP contribution is -2.42. The molecule has 2 N–H and O–H groups in total. The predicted octanol–water partition coefficient (Wildman–Crippen LogP) is 1.13. The van der Waals surface area contributed by atoms with Gasteiger partial charge in [-0.05, 0) is 37.8 Å². The van der Waals surface area contributed by atoms with Gasteiger partial charge in [0.25, 0.3) is 5.91 Å². The standard InChI is InChI=1S/C16H26N4O3/c1-11(2)9-14(16(22)23-3)18-15(21)13-6-8-20(19-13)12-5-4-7-17-10-12/h6,8,11-12,14,17H,4-5,7,9-10H2,1-3H3,(H,18,21). The van der Waals surface area contributed by atoms with Crippen LogP contribution in [0, 0.1) is 5.92 Å². The molecule has 0 aliphatic carbocycles. The molecule has 7 nitrogen and oxygen atoms in total. The number of piperidine rings is 1. The predicted molar refractivity (Wildman–Crippen MR) is 86.1 cm³/mol. The second-order valence-electron chi connectivity index (χ2n) is 6.36. The number of amides is 1. The van der Waals surface area contributed by atoms with Gasteiger partial charge in [-0.1, -0.05) is 13.8 Å². The lowest BCUT2D eigenvalue weighted by Gasteiger charge is -2.23. The number of esters is 1. The highest BCUT2D eigenvalue weighted by molar-refractivity contribution is 5.95. The van der Waals surface area contributed by atoms with Gasteiger partial charge in [0.05, 0.1) is 13.2 Å². The van der Waals surface area contributed by atoms with Crippen molar-refractivity contribution >= 4 is 11.9 Å². The van der Waals surface area contributed by atoms with Crippen molar-refractivity contribution in [1.82, 2.24) is 20.4 Å². The molecule has 0 aromatic carbocycles. The van der Waals surface area contributed by atoms with Crippen molar-refractivity contribution in [2.24, 2.45) is 5.92 Å². The summed E-state index contributed by atoms with van der Waals surface area (Å²) in [5, 5.41) is 10.4. The van der Waals surface area contributed by atoms with E-state index < -0.39 is 12.0 Å². The zero-order chi connectivity index (χ0) is 16.8. The highest BCUT2D eigenvalue weighted by Gasteiger charge is 2.24. The molecule has 0 bridgehead atoms. The van der Waals surface area contributed by atoms with Crippen molar-refractivity contribution in [2.75, 3.05) is 20.2 Å². The van der Waals surface area contributed by atoms with Gasteiger partial charge in [0.15, 0.2) is 0 Å². The SMILES string of the molecule is COC(=O)C(CC(C)C)NC(=O)c1ccn(C2CCCNC2)n1. The van der Waals surface area contributed by atoms with Gasteiger partial charge >= 0.3 is 5.97 Å². The molecule has 0 saturated carbocycles. The molecule has 1 aromatic rings.